The lowest BCUT2D eigenvalue weighted by atomic mass is 9.79. The van der Waals surface area contributed by atoms with E-state index in [2.05, 4.69) is 24.3 Å². The lowest BCUT2D eigenvalue weighted by Crippen LogP contribution is -2.14. The number of fused-ring (bicyclic) bond motifs is 1. The van der Waals surface area contributed by atoms with Crippen molar-refractivity contribution < 1.29 is 9.53 Å². The summed E-state index contributed by atoms with van der Waals surface area (Å²) in [5.41, 5.74) is 3.56. The molecule has 1 atom stereocenters. The molecule has 1 aliphatic carbocycles. The normalized spacial score (nSPS) is 17.1. The van der Waals surface area contributed by atoms with E-state index in [1.54, 1.807) is 7.11 Å². The number of carbonyl (C=O) groups excluding carboxylic acids is 1. The molecule has 108 valence electrons. The Bertz CT molecular complexity index is 628. The molecule has 0 heterocycles. The first-order valence-electron chi connectivity index (χ1n) is 7.53. The van der Waals surface area contributed by atoms with Gasteiger partial charge >= 0.3 is 0 Å². The predicted octanol–water partition coefficient (Wildman–Crippen LogP) is 4.39. The maximum atomic E-state index is 12.5. The third-order valence-electron chi connectivity index (χ3n) is 4.34. The molecular weight excluding hydrogens is 260 g/mol. The average Bonchev–Trinajstić information content (AvgIpc) is 2.55. The summed E-state index contributed by atoms with van der Waals surface area (Å²) in [7, 11) is 1.63. The van der Waals surface area contributed by atoms with Gasteiger partial charge < -0.3 is 4.74 Å². The molecule has 0 saturated heterocycles. The van der Waals surface area contributed by atoms with Crippen LogP contribution in [0.25, 0.3) is 0 Å². The number of rotatable bonds is 4. The van der Waals surface area contributed by atoms with Gasteiger partial charge in [0.05, 0.1) is 7.11 Å². The standard InChI is InChI=1S/C19H20O2/c1-21-17-11-9-15(10-12-17)19(20)13-16-7-4-6-14-5-2-3-8-18(14)16/h2-3,5,8-12,16H,4,6-7,13H2,1H3. The van der Waals surface area contributed by atoms with E-state index in [-0.39, 0.29) is 5.78 Å². The van der Waals surface area contributed by atoms with Crippen molar-refractivity contribution in [3.63, 3.8) is 0 Å². The zero-order valence-electron chi connectivity index (χ0n) is 12.3. The number of ether oxygens (including phenoxy) is 1. The van der Waals surface area contributed by atoms with Crippen molar-refractivity contribution in [2.24, 2.45) is 0 Å². The van der Waals surface area contributed by atoms with E-state index in [1.165, 1.54) is 17.5 Å². The number of carbonyl (C=O) groups is 1. The van der Waals surface area contributed by atoms with Gasteiger partial charge in [0.15, 0.2) is 5.78 Å². The first-order valence-corrected chi connectivity index (χ1v) is 7.53. The van der Waals surface area contributed by atoms with Crippen LogP contribution in [-0.4, -0.2) is 12.9 Å². The van der Waals surface area contributed by atoms with Crippen LogP contribution in [0.15, 0.2) is 48.5 Å². The molecule has 1 aliphatic rings. The van der Waals surface area contributed by atoms with Gasteiger partial charge in [-0.3, -0.25) is 4.79 Å². The number of benzene rings is 2. The van der Waals surface area contributed by atoms with Crippen molar-refractivity contribution in [1.82, 2.24) is 0 Å². The molecule has 0 bridgehead atoms. The summed E-state index contributed by atoms with van der Waals surface area (Å²) in [6.45, 7) is 0. The number of aryl methyl sites for hydroxylation is 1. The van der Waals surface area contributed by atoms with E-state index in [4.69, 9.17) is 4.74 Å². The average molecular weight is 280 g/mol. The predicted molar refractivity (Wildman–Crippen MR) is 84.1 cm³/mol. The summed E-state index contributed by atoms with van der Waals surface area (Å²) in [6.07, 6.45) is 4.03. The second-order valence-corrected chi connectivity index (χ2v) is 5.64. The van der Waals surface area contributed by atoms with Crippen LogP contribution in [-0.2, 0) is 6.42 Å². The third kappa shape index (κ3) is 2.99. The molecule has 3 rings (SSSR count). The molecule has 0 aliphatic heterocycles. The molecule has 0 radical (unpaired) electrons. The van der Waals surface area contributed by atoms with Crippen LogP contribution in [0.1, 0.15) is 46.7 Å². The molecule has 0 N–H and O–H groups in total. The Hall–Kier alpha value is -2.09. The molecule has 2 aromatic rings. The minimum Gasteiger partial charge on any atom is -0.497 e. The summed E-state index contributed by atoms with van der Waals surface area (Å²) in [5, 5.41) is 0. The van der Waals surface area contributed by atoms with Gasteiger partial charge in [-0.1, -0.05) is 24.3 Å². The zero-order chi connectivity index (χ0) is 14.7. The van der Waals surface area contributed by atoms with Gasteiger partial charge in [-0.05, 0) is 60.6 Å². The molecular formula is C19H20O2. The molecule has 0 amide bonds. The number of methoxy groups -OCH3 is 1. The molecule has 1 unspecified atom stereocenters. The SMILES string of the molecule is COc1ccc(C(=O)CC2CCCc3ccccc32)cc1. The number of ketones is 1. The molecule has 0 spiro atoms. The fourth-order valence-electron chi connectivity index (χ4n) is 3.19. The minimum absolute atomic E-state index is 0.222. The van der Waals surface area contributed by atoms with Gasteiger partial charge in [-0.25, -0.2) is 0 Å². The zero-order valence-corrected chi connectivity index (χ0v) is 12.3. The van der Waals surface area contributed by atoms with Crippen molar-refractivity contribution in [3.8, 4) is 5.75 Å². The van der Waals surface area contributed by atoms with Crippen LogP contribution >= 0.6 is 0 Å². The lowest BCUT2D eigenvalue weighted by Gasteiger charge is -2.25. The van der Waals surface area contributed by atoms with Gasteiger partial charge in [0, 0.05) is 12.0 Å². The van der Waals surface area contributed by atoms with Crippen LogP contribution in [0.3, 0.4) is 0 Å². The fraction of sp³-hybridized carbons (Fsp3) is 0.316. The fourth-order valence-corrected chi connectivity index (χ4v) is 3.19. The summed E-state index contributed by atoms with van der Waals surface area (Å²) >= 11 is 0. The van der Waals surface area contributed by atoms with E-state index in [0.29, 0.717) is 12.3 Å². The first kappa shape index (κ1) is 13.9. The Morgan fingerprint density at radius 1 is 1.14 bits per heavy atom. The summed E-state index contributed by atoms with van der Waals surface area (Å²) in [5.74, 6) is 1.37. The van der Waals surface area contributed by atoms with Crippen molar-refractivity contribution >= 4 is 5.78 Å². The van der Waals surface area contributed by atoms with Gasteiger partial charge in [-0.2, -0.15) is 0 Å². The van der Waals surface area contributed by atoms with Crippen LogP contribution in [0.5, 0.6) is 5.75 Å². The monoisotopic (exact) mass is 280 g/mol. The molecule has 2 nitrogen and oxygen atoms in total. The van der Waals surface area contributed by atoms with Crippen LogP contribution in [0.4, 0.5) is 0 Å². The second kappa shape index (κ2) is 6.13. The lowest BCUT2D eigenvalue weighted by molar-refractivity contribution is 0.0971. The Balaban J connectivity index is 1.76. The highest BCUT2D eigenvalue weighted by molar-refractivity contribution is 5.96. The molecule has 0 fully saturated rings. The van der Waals surface area contributed by atoms with Gasteiger partial charge in [-0.15, -0.1) is 0 Å². The van der Waals surface area contributed by atoms with E-state index in [0.717, 1.165) is 24.2 Å². The van der Waals surface area contributed by atoms with Crippen molar-refractivity contribution in [2.75, 3.05) is 7.11 Å². The maximum Gasteiger partial charge on any atom is 0.163 e. The smallest absolute Gasteiger partial charge is 0.163 e. The Morgan fingerprint density at radius 3 is 2.67 bits per heavy atom. The van der Waals surface area contributed by atoms with Crippen molar-refractivity contribution in [2.45, 2.75) is 31.6 Å². The molecule has 2 aromatic carbocycles. The first-order chi connectivity index (χ1) is 10.3. The topological polar surface area (TPSA) is 26.3 Å². The van der Waals surface area contributed by atoms with E-state index in [1.807, 2.05) is 24.3 Å². The molecule has 21 heavy (non-hydrogen) atoms. The third-order valence-corrected chi connectivity index (χ3v) is 4.34. The largest absolute Gasteiger partial charge is 0.497 e. The minimum atomic E-state index is 0.222. The Labute approximate surface area is 125 Å². The quantitative estimate of drug-likeness (QED) is 0.776. The summed E-state index contributed by atoms with van der Waals surface area (Å²) < 4.78 is 5.13. The highest BCUT2D eigenvalue weighted by Crippen LogP contribution is 2.34. The molecule has 2 heteroatoms. The van der Waals surface area contributed by atoms with Gasteiger partial charge in [0.25, 0.3) is 0 Å². The molecule has 0 aromatic heterocycles. The molecule has 0 saturated carbocycles. The van der Waals surface area contributed by atoms with E-state index < -0.39 is 0 Å². The highest BCUT2D eigenvalue weighted by atomic mass is 16.5. The van der Waals surface area contributed by atoms with E-state index in [9.17, 15) is 4.79 Å². The maximum absolute atomic E-state index is 12.5. The Morgan fingerprint density at radius 2 is 1.90 bits per heavy atom. The van der Waals surface area contributed by atoms with Crippen LogP contribution in [0.2, 0.25) is 0 Å². The Kier molecular flexibility index (Phi) is 4.05. The summed E-state index contributed by atoms with van der Waals surface area (Å²) in [4.78, 5) is 12.5. The highest BCUT2D eigenvalue weighted by Gasteiger charge is 2.22. The number of hydrogen-bond donors (Lipinski definition) is 0. The summed E-state index contributed by atoms with van der Waals surface area (Å²) in [6, 6.07) is 16.0. The number of Topliss-reactive ketones (excluding diaryl/α,β-unsaturated/α-hetero) is 1. The van der Waals surface area contributed by atoms with Crippen molar-refractivity contribution in [1.29, 1.82) is 0 Å². The van der Waals surface area contributed by atoms with E-state index >= 15 is 0 Å². The number of hydrogen-bond acceptors (Lipinski definition) is 2. The second-order valence-electron chi connectivity index (χ2n) is 5.64. The van der Waals surface area contributed by atoms with Gasteiger partial charge in [0.1, 0.15) is 5.75 Å². The van der Waals surface area contributed by atoms with Crippen molar-refractivity contribution in [3.05, 3.63) is 65.2 Å². The van der Waals surface area contributed by atoms with Crippen LogP contribution in [0, 0.1) is 0 Å². The van der Waals surface area contributed by atoms with Crippen LogP contribution < -0.4 is 4.74 Å². The van der Waals surface area contributed by atoms with Gasteiger partial charge in [0.2, 0.25) is 0 Å².